The van der Waals surface area contributed by atoms with Crippen LogP contribution in [0.5, 0.6) is 0 Å². The van der Waals surface area contributed by atoms with E-state index in [1.807, 2.05) is 4.90 Å². The van der Waals surface area contributed by atoms with Gasteiger partial charge in [0.1, 0.15) is 11.6 Å². The molecule has 0 aromatic heterocycles. The highest BCUT2D eigenvalue weighted by Crippen LogP contribution is 2.49. The molecule has 1 saturated carbocycles. The molecule has 0 spiro atoms. The average molecular weight is 294 g/mol. The molecule has 3 unspecified atom stereocenters. The number of amides is 1. The van der Waals surface area contributed by atoms with Crippen LogP contribution in [0.25, 0.3) is 0 Å². The maximum Gasteiger partial charge on any atom is 0.226 e. The summed E-state index contributed by atoms with van der Waals surface area (Å²) in [6.07, 6.45) is 3.70. The summed E-state index contributed by atoms with van der Waals surface area (Å²) in [5, 5.41) is 0. The third kappa shape index (κ3) is 2.79. The van der Waals surface area contributed by atoms with Gasteiger partial charge in [-0.1, -0.05) is 6.07 Å². The normalized spacial score (nSPS) is 28.5. The Balaban J connectivity index is 1.70. The second kappa shape index (κ2) is 5.72. The molecule has 0 bridgehead atoms. The van der Waals surface area contributed by atoms with E-state index in [4.69, 9.17) is 5.73 Å². The highest BCUT2D eigenvalue weighted by molar-refractivity contribution is 5.83. The lowest BCUT2D eigenvalue weighted by Crippen LogP contribution is -2.48. The van der Waals surface area contributed by atoms with E-state index in [1.165, 1.54) is 12.1 Å². The van der Waals surface area contributed by atoms with Crippen LogP contribution in [-0.2, 0) is 4.79 Å². The summed E-state index contributed by atoms with van der Waals surface area (Å²) in [7, 11) is 0. The van der Waals surface area contributed by atoms with Gasteiger partial charge in [-0.15, -0.1) is 0 Å². The number of hydrogen-bond donors (Lipinski definition) is 1. The topological polar surface area (TPSA) is 46.3 Å². The van der Waals surface area contributed by atoms with E-state index in [0.717, 1.165) is 31.9 Å². The SMILES string of the molecule is NCC1CCCCN1C(=O)C1CC1c1ccc(F)cc1F. The van der Waals surface area contributed by atoms with Gasteiger partial charge < -0.3 is 10.6 Å². The maximum atomic E-state index is 13.8. The third-order valence-corrected chi connectivity index (χ3v) is 4.65. The molecule has 1 heterocycles. The van der Waals surface area contributed by atoms with Crippen molar-refractivity contribution in [3.63, 3.8) is 0 Å². The Hall–Kier alpha value is -1.49. The van der Waals surface area contributed by atoms with Crippen molar-refractivity contribution in [3.05, 3.63) is 35.4 Å². The lowest BCUT2D eigenvalue weighted by Gasteiger charge is -2.35. The molecular weight excluding hydrogens is 274 g/mol. The quantitative estimate of drug-likeness (QED) is 0.930. The standard InChI is InChI=1S/C16H20F2N2O/c17-10-4-5-12(15(18)7-10)13-8-14(13)16(21)20-6-2-1-3-11(20)9-19/h4-5,7,11,13-14H,1-3,6,8-9,19H2. The zero-order valence-electron chi connectivity index (χ0n) is 11.9. The first-order chi connectivity index (χ1) is 10.1. The van der Waals surface area contributed by atoms with Crippen LogP contribution >= 0.6 is 0 Å². The third-order valence-electron chi connectivity index (χ3n) is 4.65. The number of piperidine rings is 1. The van der Waals surface area contributed by atoms with Crippen LogP contribution in [0, 0.1) is 17.6 Å². The van der Waals surface area contributed by atoms with Gasteiger partial charge in [0.05, 0.1) is 0 Å². The molecule has 3 nitrogen and oxygen atoms in total. The number of nitrogens with two attached hydrogens (primary N) is 1. The number of carbonyl (C=O) groups is 1. The Morgan fingerprint density at radius 1 is 1.33 bits per heavy atom. The van der Waals surface area contributed by atoms with Crippen molar-refractivity contribution in [1.29, 1.82) is 0 Å². The van der Waals surface area contributed by atoms with Crippen LogP contribution in [-0.4, -0.2) is 29.9 Å². The van der Waals surface area contributed by atoms with Gasteiger partial charge in [0, 0.05) is 31.1 Å². The van der Waals surface area contributed by atoms with E-state index in [-0.39, 0.29) is 23.8 Å². The first kappa shape index (κ1) is 14.4. The number of nitrogens with zero attached hydrogens (tertiary/aromatic N) is 1. The Morgan fingerprint density at radius 3 is 2.86 bits per heavy atom. The summed E-state index contributed by atoms with van der Waals surface area (Å²) < 4.78 is 26.7. The molecule has 1 amide bonds. The molecule has 1 saturated heterocycles. The monoisotopic (exact) mass is 294 g/mol. The van der Waals surface area contributed by atoms with Gasteiger partial charge >= 0.3 is 0 Å². The fourth-order valence-electron chi connectivity index (χ4n) is 3.36. The minimum absolute atomic E-state index is 0.0823. The van der Waals surface area contributed by atoms with Crippen LogP contribution in [0.1, 0.15) is 37.2 Å². The molecule has 3 atom stereocenters. The minimum atomic E-state index is -0.584. The summed E-state index contributed by atoms with van der Waals surface area (Å²) in [5.74, 6) is -1.34. The van der Waals surface area contributed by atoms with Crippen LogP contribution in [0.4, 0.5) is 8.78 Å². The Labute approximate surface area is 123 Å². The lowest BCUT2D eigenvalue weighted by molar-refractivity contribution is -0.136. The van der Waals surface area contributed by atoms with Crippen molar-refractivity contribution in [2.24, 2.45) is 11.7 Å². The van der Waals surface area contributed by atoms with Crippen LogP contribution in [0.2, 0.25) is 0 Å². The smallest absolute Gasteiger partial charge is 0.226 e. The molecule has 5 heteroatoms. The van der Waals surface area contributed by atoms with Crippen molar-refractivity contribution >= 4 is 5.91 Å². The molecule has 1 aromatic rings. The first-order valence-electron chi connectivity index (χ1n) is 7.57. The summed E-state index contributed by atoms with van der Waals surface area (Å²) in [5.41, 5.74) is 6.20. The van der Waals surface area contributed by atoms with Gasteiger partial charge in [-0.05, 0) is 43.2 Å². The number of rotatable bonds is 3. The summed E-state index contributed by atoms with van der Waals surface area (Å²) in [6, 6.07) is 3.71. The predicted octanol–water partition coefficient (Wildman–Crippen LogP) is 2.41. The van der Waals surface area contributed by atoms with Crippen LogP contribution in [0.15, 0.2) is 18.2 Å². The molecule has 1 aromatic carbocycles. The molecule has 2 aliphatic rings. The summed E-state index contributed by atoms with van der Waals surface area (Å²) >= 11 is 0. The Bertz CT molecular complexity index is 549. The summed E-state index contributed by atoms with van der Waals surface area (Å²) in [4.78, 5) is 14.4. The molecule has 1 aliphatic carbocycles. The largest absolute Gasteiger partial charge is 0.338 e. The predicted molar refractivity (Wildman–Crippen MR) is 75.6 cm³/mol. The molecule has 2 fully saturated rings. The first-order valence-corrected chi connectivity index (χ1v) is 7.57. The average Bonchev–Trinajstić information content (AvgIpc) is 3.26. The second-order valence-corrected chi connectivity index (χ2v) is 6.03. The fraction of sp³-hybridized carbons (Fsp3) is 0.562. The van der Waals surface area contributed by atoms with E-state index in [9.17, 15) is 13.6 Å². The second-order valence-electron chi connectivity index (χ2n) is 6.03. The fourth-order valence-corrected chi connectivity index (χ4v) is 3.36. The van der Waals surface area contributed by atoms with Gasteiger partial charge in [-0.2, -0.15) is 0 Å². The number of hydrogen-bond acceptors (Lipinski definition) is 2. The van der Waals surface area contributed by atoms with E-state index in [0.29, 0.717) is 18.5 Å². The molecule has 3 rings (SSSR count). The van der Waals surface area contributed by atoms with Gasteiger partial charge in [-0.3, -0.25) is 4.79 Å². The number of likely N-dealkylation sites (tertiary alicyclic amines) is 1. The highest BCUT2D eigenvalue weighted by Gasteiger charge is 2.48. The molecule has 2 N–H and O–H groups in total. The number of benzene rings is 1. The zero-order valence-corrected chi connectivity index (χ0v) is 11.9. The minimum Gasteiger partial charge on any atom is -0.338 e. The van der Waals surface area contributed by atoms with E-state index in [1.54, 1.807) is 0 Å². The van der Waals surface area contributed by atoms with Crippen LogP contribution in [0.3, 0.4) is 0 Å². The van der Waals surface area contributed by atoms with E-state index >= 15 is 0 Å². The van der Waals surface area contributed by atoms with E-state index < -0.39 is 11.6 Å². The molecular formula is C16H20F2N2O. The van der Waals surface area contributed by atoms with Gasteiger partial charge in [0.2, 0.25) is 5.91 Å². The van der Waals surface area contributed by atoms with Crippen molar-refractivity contribution in [2.45, 2.75) is 37.6 Å². The van der Waals surface area contributed by atoms with E-state index in [2.05, 4.69) is 0 Å². The zero-order chi connectivity index (χ0) is 15.0. The van der Waals surface area contributed by atoms with Crippen molar-refractivity contribution in [1.82, 2.24) is 4.90 Å². The van der Waals surface area contributed by atoms with Crippen molar-refractivity contribution < 1.29 is 13.6 Å². The molecule has 0 radical (unpaired) electrons. The Kier molecular flexibility index (Phi) is 3.93. The molecule has 114 valence electrons. The Morgan fingerprint density at radius 2 is 2.14 bits per heavy atom. The highest BCUT2D eigenvalue weighted by atomic mass is 19.1. The molecule has 21 heavy (non-hydrogen) atoms. The lowest BCUT2D eigenvalue weighted by atomic mass is 10.0. The number of carbonyl (C=O) groups excluding carboxylic acids is 1. The van der Waals surface area contributed by atoms with Crippen LogP contribution < -0.4 is 5.73 Å². The molecule has 1 aliphatic heterocycles. The van der Waals surface area contributed by atoms with Gasteiger partial charge in [0.25, 0.3) is 0 Å². The number of halogens is 2. The maximum absolute atomic E-state index is 13.8. The van der Waals surface area contributed by atoms with Gasteiger partial charge in [-0.25, -0.2) is 8.78 Å². The van der Waals surface area contributed by atoms with Gasteiger partial charge in [0.15, 0.2) is 0 Å². The van der Waals surface area contributed by atoms with Crippen molar-refractivity contribution in [3.8, 4) is 0 Å². The summed E-state index contributed by atoms with van der Waals surface area (Å²) in [6.45, 7) is 1.23. The van der Waals surface area contributed by atoms with Crippen molar-refractivity contribution in [2.75, 3.05) is 13.1 Å².